The maximum atomic E-state index is 10.5. The quantitative estimate of drug-likeness (QED) is 0.367. The normalized spacial score (nSPS) is 7.50. The van der Waals surface area contributed by atoms with E-state index in [1.807, 2.05) is 0 Å². The van der Waals surface area contributed by atoms with Gasteiger partial charge in [0.1, 0.15) is 6.61 Å². The van der Waals surface area contributed by atoms with Gasteiger partial charge in [-0.2, -0.15) is 0 Å². The molecule has 0 rings (SSSR count). The molecule has 0 spiro atoms. The summed E-state index contributed by atoms with van der Waals surface area (Å²) < 4.78 is 4.60. The summed E-state index contributed by atoms with van der Waals surface area (Å²) in [6.07, 6.45) is 2.24. The lowest BCUT2D eigenvalue weighted by atomic mass is 10.4. The molecule has 0 saturated heterocycles. The number of hydrogen-bond donors (Lipinski definition) is 0. The van der Waals surface area contributed by atoms with Gasteiger partial charge in [0.2, 0.25) is 0 Å². The first-order chi connectivity index (χ1) is 6.45. The van der Waals surface area contributed by atoms with Crippen molar-refractivity contribution in [3.8, 4) is 0 Å². The number of carbonyl (C=O) groups is 2. The van der Waals surface area contributed by atoms with Crippen LogP contribution in [-0.4, -0.2) is 18.5 Å². The Morgan fingerprint density at radius 2 is 1.86 bits per heavy atom. The van der Waals surface area contributed by atoms with Crippen molar-refractivity contribution in [1.29, 1.82) is 0 Å². The van der Waals surface area contributed by atoms with Crippen molar-refractivity contribution in [2.45, 2.75) is 6.92 Å². The maximum absolute atomic E-state index is 10.5. The van der Waals surface area contributed by atoms with Crippen LogP contribution < -0.4 is 5.11 Å². The van der Waals surface area contributed by atoms with Crippen molar-refractivity contribution in [2.75, 3.05) is 6.61 Å². The third kappa shape index (κ3) is 12.8. The van der Waals surface area contributed by atoms with Crippen LogP contribution in [0.1, 0.15) is 6.92 Å². The van der Waals surface area contributed by atoms with Crippen molar-refractivity contribution >= 4 is 11.9 Å². The zero-order valence-electron chi connectivity index (χ0n) is 8.12. The molecule has 0 aliphatic heterocycles. The molecule has 4 nitrogen and oxygen atoms in total. The van der Waals surface area contributed by atoms with Gasteiger partial charge in [0.05, 0.1) is 5.97 Å². The van der Waals surface area contributed by atoms with Gasteiger partial charge in [0.15, 0.2) is 0 Å². The second-order valence-corrected chi connectivity index (χ2v) is 2.19. The number of rotatable bonds is 4. The Morgan fingerprint density at radius 1 is 1.43 bits per heavy atom. The summed E-state index contributed by atoms with van der Waals surface area (Å²) in [4.78, 5) is 19.7. The standard InChI is InChI=1S/C7H10O2.C3H4O2/c1-4-5-9-7(8)6(2)3;1-2-3(4)5/h4H,1-2,5H2,3H3;2H,1H2,(H,4,5)/p-1. The summed E-state index contributed by atoms with van der Waals surface area (Å²) in [7, 11) is 0. The van der Waals surface area contributed by atoms with E-state index in [-0.39, 0.29) is 12.6 Å². The fourth-order valence-electron chi connectivity index (χ4n) is 0.258. The molecule has 0 aromatic heterocycles. The van der Waals surface area contributed by atoms with Gasteiger partial charge in [0.25, 0.3) is 0 Å². The predicted octanol–water partition coefficient (Wildman–Crippen LogP) is 0.214. The average Bonchev–Trinajstić information content (AvgIpc) is 2.14. The summed E-state index contributed by atoms with van der Waals surface area (Å²) in [6, 6.07) is 0. The molecule has 0 aromatic carbocycles. The largest absolute Gasteiger partial charge is 0.545 e. The Hall–Kier alpha value is -1.84. The van der Waals surface area contributed by atoms with Crippen molar-refractivity contribution in [1.82, 2.24) is 0 Å². The molecule has 0 atom stereocenters. The van der Waals surface area contributed by atoms with Gasteiger partial charge >= 0.3 is 5.97 Å². The molecule has 0 aliphatic rings. The van der Waals surface area contributed by atoms with Gasteiger partial charge in [-0.1, -0.05) is 25.8 Å². The minimum Gasteiger partial charge on any atom is -0.545 e. The molecule has 14 heavy (non-hydrogen) atoms. The molecule has 4 heteroatoms. The van der Waals surface area contributed by atoms with Crippen molar-refractivity contribution in [3.05, 3.63) is 37.5 Å². The lowest BCUT2D eigenvalue weighted by Crippen LogP contribution is -2.17. The molecule has 0 N–H and O–H groups in total. The fraction of sp³-hybridized carbons (Fsp3) is 0.200. The molecule has 0 heterocycles. The maximum Gasteiger partial charge on any atom is 0.333 e. The Labute approximate surface area is 83.2 Å². The number of hydrogen-bond acceptors (Lipinski definition) is 4. The number of ether oxygens (including phenoxy) is 1. The first-order valence-electron chi connectivity index (χ1n) is 3.72. The van der Waals surface area contributed by atoms with Crippen LogP contribution in [0, 0.1) is 0 Å². The molecule has 78 valence electrons. The molecule has 0 bridgehead atoms. The lowest BCUT2D eigenvalue weighted by Gasteiger charge is -1.97. The molecular weight excluding hydrogens is 184 g/mol. The highest BCUT2D eigenvalue weighted by Gasteiger charge is 1.98. The lowest BCUT2D eigenvalue weighted by molar-refractivity contribution is -0.297. The molecule has 0 radical (unpaired) electrons. The summed E-state index contributed by atoms with van der Waals surface area (Å²) in [6.45, 7) is 11.5. The highest BCUT2D eigenvalue weighted by molar-refractivity contribution is 5.86. The molecule has 0 unspecified atom stereocenters. The fourth-order valence-corrected chi connectivity index (χ4v) is 0.258. The number of aliphatic carboxylic acids is 1. The monoisotopic (exact) mass is 197 g/mol. The summed E-state index contributed by atoms with van der Waals surface area (Å²) in [5.41, 5.74) is 0.414. The van der Waals surface area contributed by atoms with Crippen LogP contribution in [0.5, 0.6) is 0 Å². The van der Waals surface area contributed by atoms with Crippen LogP contribution in [-0.2, 0) is 14.3 Å². The van der Waals surface area contributed by atoms with Gasteiger partial charge in [0, 0.05) is 5.57 Å². The van der Waals surface area contributed by atoms with E-state index in [9.17, 15) is 4.79 Å². The van der Waals surface area contributed by atoms with E-state index in [4.69, 9.17) is 9.90 Å². The predicted molar refractivity (Wildman–Crippen MR) is 51.2 cm³/mol. The van der Waals surface area contributed by atoms with E-state index in [0.29, 0.717) is 5.57 Å². The van der Waals surface area contributed by atoms with Crippen LogP contribution in [0.25, 0.3) is 0 Å². The SMILES string of the molecule is C=CC(=O)[O-].C=CCOC(=O)C(=C)C. The molecule has 0 amide bonds. The number of carbonyl (C=O) groups excluding carboxylic acids is 2. The van der Waals surface area contributed by atoms with Crippen LogP contribution >= 0.6 is 0 Å². The second kappa shape index (κ2) is 9.25. The zero-order chi connectivity index (χ0) is 11.6. The Bertz CT molecular complexity index is 241. The van der Waals surface area contributed by atoms with Gasteiger partial charge in [-0.25, -0.2) is 4.79 Å². The highest BCUT2D eigenvalue weighted by atomic mass is 16.5. The first-order valence-corrected chi connectivity index (χ1v) is 3.72. The Kier molecular flexibility index (Phi) is 9.69. The number of carboxylic acids is 1. The van der Waals surface area contributed by atoms with Gasteiger partial charge < -0.3 is 14.6 Å². The van der Waals surface area contributed by atoms with E-state index in [0.717, 1.165) is 6.08 Å². The first kappa shape index (κ1) is 14.7. The van der Waals surface area contributed by atoms with Crippen LogP contribution in [0.3, 0.4) is 0 Å². The van der Waals surface area contributed by atoms with Gasteiger partial charge in [-0.15, -0.1) is 0 Å². The summed E-state index contributed by atoms with van der Waals surface area (Å²) in [5, 5.41) is 9.14. The molecular formula is C10H13O4-. The molecule has 0 aliphatic carbocycles. The van der Waals surface area contributed by atoms with E-state index < -0.39 is 5.97 Å². The third-order valence-electron chi connectivity index (χ3n) is 0.847. The summed E-state index contributed by atoms with van der Waals surface area (Å²) in [5.74, 6) is -1.60. The molecule has 0 saturated carbocycles. The van der Waals surface area contributed by atoms with E-state index in [2.05, 4.69) is 24.5 Å². The van der Waals surface area contributed by atoms with Gasteiger partial charge in [-0.3, -0.25) is 0 Å². The number of carboxylic acid groups (broad SMARTS) is 1. The van der Waals surface area contributed by atoms with E-state index in [1.54, 1.807) is 6.92 Å². The van der Waals surface area contributed by atoms with E-state index >= 15 is 0 Å². The van der Waals surface area contributed by atoms with Gasteiger partial charge in [-0.05, 0) is 13.0 Å². The second-order valence-electron chi connectivity index (χ2n) is 2.19. The Balaban J connectivity index is 0. The highest BCUT2D eigenvalue weighted by Crippen LogP contribution is 1.90. The molecule has 0 aromatic rings. The van der Waals surface area contributed by atoms with E-state index in [1.165, 1.54) is 6.08 Å². The van der Waals surface area contributed by atoms with Crippen molar-refractivity contribution in [3.63, 3.8) is 0 Å². The minimum atomic E-state index is -1.23. The summed E-state index contributed by atoms with van der Waals surface area (Å²) >= 11 is 0. The Morgan fingerprint density at radius 3 is 2.07 bits per heavy atom. The average molecular weight is 197 g/mol. The zero-order valence-corrected chi connectivity index (χ0v) is 8.12. The van der Waals surface area contributed by atoms with Crippen LogP contribution in [0.15, 0.2) is 37.5 Å². The smallest absolute Gasteiger partial charge is 0.333 e. The third-order valence-corrected chi connectivity index (χ3v) is 0.847. The minimum absolute atomic E-state index is 0.256. The topological polar surface area (TPSA) is 66.4 Å². The van der Waals surface area contributed by atoms with Crippen LogP contribution in [0.4, 0.5) is 0 Å². The number of esters is 1. The molecule has 0 fully saturated rings. The van der Waals surface area contributed by atoms with Crippen molar-refractivity contribution < 1.29 is 19.4 Å². The van der Waals surface area contributed by atoms with Crippen molar-refractivity contribution in [2.24, 2.45) is 0 Å². The van der Waals surface area contributed by atoms with Crippen LogP contribution in [0.2, 0.25) is 0 Å².